The Labute approximate surface area is 197 Å². The highest BCUT2D eigenvalue weighted by molar-refractivity contribution is 6.32. The van der Waals surface area contributed by atoms with E-state index in [1.54, 1.807) is 30.3 Å². The molecule has 1 aliphatic rings. The molecule has 0 spiro atoms. The molecule has 0 aromatic heterocycles. The number of imide groups is 1. The third kappa shape index (κ3) is 6.04. The molecule has 0 atom stereocenters. The van der Waals surface area contributed by atoms with Crippen molar-refractivity contribution in [2.45, 2.75) is 33.8 Å². The van der Waals surface area contributed by atoms with E-state index in [4.69, 9.17) is 21.1 Å². The first-order chi connectivity index (χ1) is 15.7. The topological polar surface area (TPSA) is 97.0 Å². The maximum Gasteiger partial charge on any atom is 0.329 e. The van der Waals surface area contributed by atoms with Gasteiger partial charge in [-0.3, -0.25) is 9.59 Å². The van der Waals surface area contributed by atoms with Gasteiger partial charge in [0.25, 0.3) is 5.91 Å². The second kappa shape index (κ2) is 10.4. The normalized spacial score (nSPS) is 14.6. The molecule has 2 N–H and O–H groups in total. The van der Waals surface area contributed by atoms with E-state index in [1.165, 1.54) is 6.08 Å². The second-order valence-corrected chi connectivity index (χ2v) is 8.13. The van der Waals surface area contributed by atoms with Crippen molar-refractivity contribution in [3.8, 4) is 11.5 Å². The lowest BCUT2D eigenvalue weighted by molar-refractivity contribution is -0.127. The maximum atomic E-state index is 12.8. The van der Waals surface area contributed by atoms with Gasteiger partial charge in [0.2, 0.25) is 5.91 Å². The minimum atomic E-state index is -0.679. The van der Waals surface area contributed by atoms with Gasteiger partial charge in [0.1, 0.15) is 12.2 Å². The summed E-state index contributed by atoms with van der Waals surface area (Å²) in [5.41, 5.74) is 2.13. The lowest BCUT2D eigenvalue weighted by atomic mass is 10.1. The Balaban J connectivity index is 1.78. The van der Waals surface area contributed by atoms with E-state index in [9.17, 15) is 14.4 Å². The molecular formula is C24H26ClN3O5. The first-order valence-corrected chi connectivity index (χ1v) is 10.9. The third-order valence-corrected chi connectivity index (χ3v) is 4.84. The van der Waals surface area contributed by atoms with Crippen LogP contribution in [0.3, 0.4) is 0 Å². The minimum absolute atomic E-state index is 0.0272. The molecule has 33 heavy (non-hydrogen) atoms. The lowest BCUT2D eigenvalue weighted by Crippen LogP contribution is -2.38. The van der Waals surface area contributed by atoms with Gasteiger partial charge < -0.3 is 20.1 Å². The Hall–Kier alpha value is -3.52. The number of hydrogen-bond donors (Lipinski definition) is 2. The molecule has 1 heterocycles. The summed E-state index contributed by atoms with van der Waals surface area (Å²) in [4.78, 5) is 38.3. The number of rotatable bonds is 8. The van der Waals surface area contributed by atoms with Gasteiger partial charge in [0.15, 0.2) is 11.5 Å². The highest BCUT2D eigenvalue weighted by atomic mass is 35.5. The van der Waals surface area contributed by atoms with Crippen molar-refractivity contribution >= 4 is 41.2 Å². The van der Waals surface area contributed by atoms with E-state index in [0.29, 0.717) is 34.4 Å². The van der Waals surface area contributed by atoms with Crippen LogP contribution in [0.5, 0.6) is 11.5 Å². The van der Waals surface area contributed by atoms with Gasteiger partial charge in [-0.2, -0.15) is 0 Å². The molecule has 0 bridgehead atoms. The zero-order chi connectivity index (χ0) is 24.1. The zero-order valence-electron chi connectivity index (χ0n) is 18.9. The Morgan fingerprint density at radius 1 is 1.24 bits per heavy atom. The van der Waals surface area contributed by atoms with Crippen LogP contribution in [-0.4, -0.2) is 42.0 Å². The number of nitrogens with one attached hydrogen (secondary N) is 2. The van der Waals surface area contributed by atoms with Crippen molar-refractivity contribution < 1.29 is 23.9 Å². The molecule has 1 aliphatic heterocycles. The van der Waals surface area contributed by atoms with Gasteiger partial charge in [-0.25, -0.2) is 9.69 Å². The largest absolute Gasteiger partial charge is 0.490 e. The van der Waals surface area contributed by atoms with Gasteiger partial charge in [-0.15, -0.1) is 0 Å². The van der Waals surface area contributed by atoms with Gasteiger partial charge in [0.05, 0.1) is 17.7 Å². The standard InChI is InChI=1S/C24H26ClN3O5/c1-5-32-20-12-16(10-18(25)22(20)33-14(2)3)11-19-23(30)28(24(31)27-19)13-21(29)26-17-8-6-7-15(4)9-17/h6-12,14H,5,13H2,1-4H3,(H,26,29)(H,27,31)/b19-11+. The molecule has 3 rings (SSSR count). The highest BCUT2D eigenvalue weighted by Crippen LogP contribution is 2.38. The number of amides is 4. The SMILES string of the molecule is CCOc1cc(/C=C2/NC(=O)N(CC(=O)Nc3cccc(C)c3)C2=O)cc(Cl)c1OC(C)C. The van der Waals surface area contributed by atoms with Gasteiger partial charge >= 0.3 is 6.03 Å². The van der Waals surface area contributed by atoms with E-state index in [-0.39, 0.29) is 11.8 Å². The monoisotopic (exact) mass is 471 g/mol. The number of aryl methyl sites for hydroxylation is 1. The number of carbonyl (C=O) groups excluding carboxylic acids is 3. The van der Waals surface area contributed by atoms with Crippen molar-refractivity contribution in [2.24, 2.45) is 0 Å². The van der Waals surface area contributed by atoms with Crippen LogP contribution in [0.15, 0.2) is 42.1 Å². The smallest absolute Gasteiger partial charge is 0.329 e. The Morgan fingerprint density at radius 2 is 2.00 bits per heavy atom. The van der Waals surface area contributed by atoms with Crippen molar-refractivity contribution in [1.29, 1.82) is 0 Å². The molecule has 0 radical (unpaired) electrons. The number of urea groups is 1. The molecule has 1 fully saturated rings. The van der Waals surface area contributed by atoms with Crippen LogP contribution in [0.1, 0.15) is 31.9 Å². The molecular weight excluding hydrogens is 446 g/mol. The number of carbonyl (C=O) groups is 3. The maximum absolute atomic E-state index is 12.8. The highest BCUT2D eigenvalue weighted by Gasteiger charge is 2.35. The Kier molecular flexibility index (Phi) is 7.60. The first kappa shape index (κ1) is 24.1. The van der Waals surface area contributed by atoms with Crippen LogP contribution in [0.25, 0.3) is 6.08 Å². The predicted octanol–water partition coefficient (Wildman–Crippen LogP) is 4.37. The minimum Gasteiger partial charge on any atom is -0.490 e. The average molecular weight is 472 g/mol. The second-order valence-electron chi connectivity index (χ2n) is 7.73. The summed E-state index contributed by atoms with van der Waals surface area (Å²) in [6, 6.07) is 9.83. The summed E-state index contributed by atoms with van der Waals surface area (Å²) in [5, 5.41) is 5.50. The van der Waals surface area contributed by atoms with Gasteiger partial charge in [-0.05, 0) is 69.2 Å². The van der Waals surface area contributed by atoms with Crippen LogP contribution in [0, 0.1) is 6.92 Å². The van der Waals surface area contributed by atoms with Crippen molar-refractivity contribution in [3.63, 3.8) is 0 Å². The fourth-order valence-corrected chi connectivity index (χ4v) is 3.50. The number of ether oxygens (including phenoxy) is 2. The summed E-state index contributed by atoms with van der Waals surface area (Å²) in [6.45, 7) is 7.45. The summed E-state index contributed by atoms with van der Waals surface area (Å²) in [7, 11) is 0. The number of nitrogens with zero attached hydrogens (tertiary/aromatic N) is 1. The fraction of sp³-hybridized carbons (Fsp3) is 0.292. The van der Waals surface area contributed by atoms with Crippen molar-refractivity contribution in [3.05, 3.63) is 58.2 Å². The van der Waals surface area contributed by atoms with Crippen LogP contribution < -0.4 is 20.1 Å². The molecule has 8 nitrogen and oxygen atoms in total. The van der Waals surface area contributed by atoms with Gasteiger partial charge in [0, 0.05) is 5.69 Å². The van der Waals surface area contributed by atoms with Crippen LogP contribution in [0.4, 0.5) is 10.5 Å². The summed E-state index contributed by atoms with van der Waals surface area (Å²) < 4.78 is 11.4. The number of halogens is 1. The van der Waals surface area contributed by atoms with E-state index in [0.717, 1.165) is 10.5 Å². The quantitative estimate of drug-likeness (QED) is 0.440. The van der Waals surface area contributed by atoms with Gasteiger partial charge in [-0.1, -0.05) is 23.7 Å². The summed E-state index contributed by atoms with van der Waals surface area (Å²) in [6.07, 6.45) is 1.37. The van der Waals surface area contributed by atoms with E-state index in [2.05, 4.69) is 10.6 Å². The molecule has 9 heteroatoms. The molecule has 2 aromatic carbocycles. The lowest BCUT2D eigenvalue weighted by Gasteiger charge is -2.16. The first-order valence-electron chi connectivity index (χ1n) is 10.5. The average Bonchev–Trinajstić information content (AvgIpc) is 2.98. The molecule has 1 saturated heterocycles. The van der Waals surface area contributed by atoms with E-state index >= 15 is 0 Å². The molecule has 4 amide bonds. The Bertz CT molecular complexity index is 1110. The third-order valence-electron chi connectivity index (χ3n) is 4.56. The Morgan fingerprint density at radius 3 is 2.67 bits per heavy atom. The van der Waals surface area contributed by atoms with Crippen LogP contribution in [-0.2, 0) is 9.59 Å². The predicted molar refractivity (Wildman–Crippen MR) is 126 cm³/mol. The van der Waals surface area contributed by atoms with Crippen LogP contribution >= 0.6 is 11.6 Å². The number of benzene rings is 2. The number of anilines is 1. The summed E-state index contributed by atoms with van der Waals surface area (Å²) >= 11 is 6.38. The van der Waals surface area contributed by atoms with Crippen LogP contribution in [0.2, 0.25) is 5.02 Å². The molecule has 0 saturated carbocycles. The molecule has 0 aliphatic carbocycles. The molecule has 2 aromatic rings. The zero-order valence-corrected chi connectivity index (χ0v) is 19.7. The van der Waals surface area contributed by atoms with E-state index in [1.807, 2.05) is 33.8 Å². The fourth-order valence-electron chi connectivity index (χ4n) is 3.23. The van der Waals surface area contributed by atoms with E-state index < -0.39 is 24.4 Å². The molecule has 174 valence electrons. The number of hydrogen-bond acceptors (Lipinski definition) is 5. The summed E-state index contributed by atoms with van der Waals surface area (Å²) in [5.74, 6) is -0.262. The molecule has 0 unspecified atom stereocenters. The van der Waals surface area contributed by atoms with Crippen molar-refractivity contribution in [1.82, 2.24) is 10.2 Å². The van der Waals surface area contributed by atoms with Crippen molar-refractivity contribution in [2.75, 3.05) is 18.5 Å².